The fourth-order valence-electron chi connectivity index (χ4n) is 1.81. The maximum absolute atomic E-state index is 5.33. The van der Waals surface area contributed by atoms with E-state index in [0.717, 1.165) is 29.3 Å². The molecule has 5 heteroatoms. The van der Waals surface area contributed by atoms with Gasteiger partial charge in [-0.3, -0.25) is 0 Å². The standard InChI is InChI=1S/C13H13N3O2/c1-2-11(16-15-5-1)8-14-7-10-3-4-12-13(6-10)18-9-17-12/h1-6,14H,7-9H2. The number of nitrogens with one attached hydrogen (secondary N) is 1. The maximum atomic E-state index is 5.33. The van der Waals surface area contributed by atoms with Crippen LogP contribution in [0.1, 0.15) is 11.3 Å². The molecule has 1 aliphatic rings. The Morgan fingerprint density at radius 3 is 2.94 bits per heavy atom. The van der Waals surface area contributed by atoms with E-state index in [4.69, 9.17) is 9.47 Å². The Morgan fingerprint density at radius 1 is 1.11 bits per heavy atom. The number of fused-ring (bicyclic) bond motifs is 1. The van der Waals surface area contributed by atoms with Gasteiger partial charge in [0.05, 0.1) is 5.69 Å². The Kier molecular flexibility index (Phi) is 3.06. The summed E-state index contributed by atoms with van der Waals surface area (Å²) in [7, 11) is 0. The van der Waals surface area contributed by atoms with Crippen molar-refractivity contribution < 1.29 is 9.47 Å². The van der Waals surface area contributed by atoms with Crippen molar-refractivity contribution in [3.8, 4) is 11.5 Å². The number of rotatable bonds is 4. The summed E-state index contributed by atoms with van der Waals surface area (Å²) >= 11 is 0. The van der Waals surface area contributed by atoms with Gasteiger partial charge in [0.15, 0.2) is 11.5 Å². The van der Waals surface area contributed by atoms with Gasteiger partial charge in [0, 0.05) is 19.3 Å². The van der Waals surface area contributed by atoms with E-state index < -0.39 is 0 Å². The molecule has 0 fully saturated rings. The zero-order valence-electron chi connectivity index (χ0n) is 9.80. The van der Waals surface area contributed by atoms with Crippen molar-refractivity contribution in [2.75, 3.05) is 6.79 Å². The van der Waals surface area contributed by atoms with Crippen molar-refractivity contribution in [2.24, 2.45) is 0 Å². The summed E-state index contributed by atoms with van der Waals surface area (Å²) in [6.45, 7) is 1.77. The molecule has 1 aromatic carbocycles. The molecule has 18 heavy (non-hydrogen) atoms. The Labute approximate surface area is 105 Å². The van der Waals surface area contributed by atoms with Gasteiger partial charge in [-0.05, 0) is 29.8 Å². The monoisotopic (exact) mass is 243 g/mol. The molecule has 0 radical (unpaired) electrons. The van der Waals surface area contributed by atoms with Crippen LogP contribution in [0.15, 0.2) is 36.5 Å². The van der Waals surface area contributed by atoms with Crippen LogP contribution in [0.2, 0.25) is 0 Å². The van der Waals surface area contributed by atoms with Crippen molar-refractivity contribution >= 4 is 0 Å². The second-order valence-electron chi connectivity index (χ2n) is 4.01. The van der Waals surface area contributed by atoms with E-state index in [1.54, 1.807) is 6.20 Å². The molecular formula is C13H13N3O2. The van der Waals surface area contributed by atoms with Crippen LogP contribution in [0.3, 0.4) is 0 Å². The third-order valence-electron chi connectivity index (χ3n) is 2.70. The predicted molar refractivity (Wildman–Crippen MR) is 65.1 cm³/mol. The van der Waals surface area contributed by atoms with E-state index >= 15 is 0 Å². The van der Waals surface area contributed by atoms with Gasteiger partial charge in [-0.2, -0.15) is 10.2 Å². The lowest BCUT2D eigenvalue weighted by atomic mass is 10.2. The highest BCUT2D eigenvalue weighted by molar-refractivity contribution is 5.44. The summed E-state index contributed by atoms with van der Waals surface area (Å²) in [5.41, 5.74) is 2.08. The van der Waals surface area contributed by atoms with E-state index in [1.165, 1.54) is 0 Å². The van der Waals surface area contributed by atoms with Crippen LogP contribution in [0.4, 0.5) is 0 Å². The fourth-order valence-corrected chi connectivity index (χ4v) is 1.81. The van der Waals surface area contributed by atoms with E-state index in [1.807, 2.05) is 30.3 Å². The lowest BCUT2D eigenvalue weighted by Gasteiger charge is -2.05. The van der Waals surface area contributed by atoms with E-state index in [9.17, 15) is 0 Å². The molecule has 0 saturated carbocycles. The van der Waals surface area contributed by atoms with Crippen LogP contribution in [-0.4, -0.2) is 17.0 Å². The largest absolute Gasteiger partial charge is 0.454 e. The third-order valence-corrected chi connectivity index (χ3v) is 2.70. The van der Waals surface area contributed by atoms with E-state index in [0.29, 0.717) is 13.3 Å². The highest BCUT2D eigenvalue weighted by Gasteiger charge is 2.12. The number of hydrogen-bond acceptors (Lipinski definition) is 5. The zero-order chi connectivity index (χ0) is 12.2. The smallest absolute Gasteiger partial charge is 0.231 e. The number of nitrogens with zero attached hydrogens (tertiary/aromatic N) is 2. The number of hydrogen-bond donors (Lipinski definition) is 1. The molecule has 2 heterocycles. The third kappa shape index (κ3) is 2.41. The first-order valence-electron chi connectivity index (χ1n) is 5.77. The summed E-state index contributed by atoms with van der Waals surface area (Å²) in [5, 5.41) is 11.2. The van der Waals surface area contributed by atoms with E-state index in [-0.39, 0.29) is 0 Å². The minimum absolute atomic E-state index is 0.311. The molecule has 0 saturated heterocycles. The highest BCUT2D eigenvalue weighted by atomic mass is 16.7. The van der Waals surface area contributed by atoms with Crippen molar-refractivity contribution in [3.63, 3.8) is 0 Å². The lowest BCUT2D eigenvalue weighted by Crippen LogP contribution is -2.13. The lowest BCUT2D eigenvalue weighted by molar-refractivity contribution is 0.174. The van der Waals surface area contributed by atoms with Gasteiger partial charge in [0.1, 0.15) is 0 Å². The normalized spacial score (nSPS) is 12.7. The quantitative estimate of drug-likeness (QED) is 0.881. The van der Waals surface area contributed by atoms with Gasteiger partial charge >= 0.3 is 0 Å². The molecular weight excluding hydrogens is 230 g/mol. The van der Waals surface area contributed by atoms with Crippen molar-refractivity contribution in [3.05, 3.63) is 47.8 Å². The Balaban J connectivity index is 1.57. The zero-order valence-corrected chi connectivity index (χ0v) is 9.80. The van der Waals surface area contributed by atoms with Crippen LogP contribution < -0.4 is 14.8 Å². The molecule has 0 unspecified atom stereocenters. The number of ether oxygens (including phenoxy) is 2. The second kappa shape index (κ2) is 5.01. The predicted octanol–water partition coefficient (Wildman–Crippen LogP) is 1.50. The molecule has 5 nitrogen and oxygen atoms in total. The van der Waals surface area contributed by atoms with Gasteiger partial charge in [-0.15, -0.1) is 0 Å². The summed E-state index contributed by atoms with van der Waals surface area (Å²) in [5.74, 6) is 1.63. The van der Waals surface area contributed by atoms with Crippen LogP contribution in [-0.2, 0) is 13.1 Å². The maximum Gasteiger partial charge on any atom is 0.231 e. The van der Waals surface area contributed by atoms with Crippen LogP contribution in [0.25, 0.3) is 0 Å². The van der Waals surface area contributed by atoms with Gasteiger partial charge in [0.25, 0.3) is 0 Å². The number of benzene rings is 1. The molecule has 0 atom stereocenters. The molecule has 1 N–H and O–H groups in total. The first-order chi connectivity index (χ1) is 8.92. The van der Waals surface area contributed by atoms with Gasteiger partial charge in [-0.1, -0.05) is 6.07 Å². The Hall–Kier alpha value is -2.14. The van der Waals surface area contributed by atoms with Gasteiger partial charge in [0.2, 0.25) is 6.79 Å². The van der Waals surface area contributed by atoms with E-state index in [2.05, 4.69) is 15.5 Å². The fraction of sp³-hybridized carbons (Fsp3) is 0.231. The molecule has 1 aromatic heterocycles. The van der Waals surface area contributed by atoms with Gasteiger partial charge in [-0.25, -0.2) is 0 Å². The topological polar surface area (TPSA) is 56.3 Å². The number of aromatic nitrogens is 2. The molecule has 0 spiro atoms. The molecule has 2 aromatic rings. The highest BCUT2D eigenvalue weighted by Crippen LogP contribution is 2.32. The Morgan fingerprint density at radius 2 is 2.06 bits per heavy atom. The first kappa shape index (κ1) is 11.0. The summed E-state index contributed by atoms with van der Waals surface area (Å²) < 4.78 is 10.6. The van der Waals surface area contributed by atoms with Gasteiger partial charge < -0.3 is 14.8 Å². The summed E-state index contributed by atoms with van der Waals surface area (Å²) in [6, 6.07) is 9.77. The first-order valence-corrected chi connectivity index (χ1v) is 5.77. The molecule has 1 aliphatic heterocycles. The molecule has 0 bridgehead atoms. The summed E-state index contributed by atoms with van der Waals surface area (Å²) in [6.07, 6.45) is 1.67. The van der Waals surface area contributed by atoms with Crippen LogP contribution in [0, 0.1) is 0 Å². The Bertz CT molecular complexity index is 531. The van der Waals surface area contributed by atoms with Crippen molar-refractivity contribution in [1.29, 1.82) is 0 Å². The summed E-state index contributed by atoms with van der Waals surface area (Å²) in [4.78, 5) is 0. The SMILES string of the molecule is c1cnnc(CNCc2ccc3c(c2)OCO3)c1. The average Bonchev–Trinajstić information content (AvgIpc) is 2.87. The average molecular weight is 243 g/mol. The molecule has 3 rings (SSSR count). The molecule has 92 valence electrons. The van der Waals surface area contributed by atoms with Crippen LogP contribution >= 0.6 is 0 Å². The minimum Gasteiger partial charge on any atom is -0.454 e. The molecule has 0 aliphatic carbocycles. The van der Waals surface area contributed by atoms with Crippen molar-refractivity contribution in [1.82, 2.24) is 15.5 Å². The second-order valence-corrected chi connectivity index (χ2v) is 4.01. The van der Waals surface area contributed by atoms with Crippen molar-refractivity contribution in [2.45, 2.75) is 13.1 Å². The minimum atomic E-state index is 0.311. The molecule has 0 amide bonds. The van der Waals surface area contributed by atoms with Crippen LogP contribution in [0.5, 0.6) is 11.5 Å².